The Morgan fingerprint density at radius 3 is 2.50 bits per heavy atom. The van der Waals surface area contributed by atoms with E-state index in [0.717, 1.165) is 19.1 Å². The van der Waals surface area contributed by atoms with E-state index in [-0.39, 0.29) is 0 Å². The second-order valence-corrected chi connectivity index (χ2v) is 6.03. The molecule has 16 heavy (non-hydrogen) atoms. The van der Waals surface area contributed by atoms with E-state index in [1.54, 1.807) is 0 Å². The molecule has 0 bridgehead atoms. The van der Waals surface area contributed by atoms with E-state index in [2.05, 4.69) is 31.4 Å². The summed E-state index contributed by atoms with van der Waals surface area (Å²) in [4.78, 5) is 0. The third kappa shape index (κ3) is 7.24. The number of rotatable bonds is 10. The molecule has 0 amide bonds. The van der Waals surface area contributed by atoms with Gasteiger partial charge in [-0.05, 0) is 50.6 Å². The summed E-state index contributed by atoms with van der Waals surface area (Å²) < 4.78 is 0. The maximum absolute atomic E-state index is 3.58. The van der Waals surface area contributed by atoms with E-state index >= 15 is 0 Å². The molecule has 0 aliphatic heterocycles. The number of hydrogen-bond donors (Lipinski definition) is 2. The Labute approximate surface area is 102 Å². The molecule has 0 aromatic rings. The lowest BCUT2D eigenvalue weighted by Crippen LogP contribution is -2.30. The lowest BCUT2D eigenvalue weighted by molar-refractivity contribution is 0.302. The Morgan fingerprint density at radius 1 is 1.12 bits per heavy atom. The van der Waals surface area contributed by atoms with Crippen molar-refractivity contribution in [3.8, 4) is 0 Å². The summed E-state index contributed by atoms with van der Waals surface area (Å²) in [6, 6.07) is 0.874. The van der Waals surface area contributed by atoms with Crippen LogP contribution in [0.15, 0.2) is 0 Å². The van der Waals surface area contributed by atoms with Gasteiger partial charge in [0.15, 0.2) is 0 Å². The molecule has 0 aromatic carbocycles. The zero-order valence-corrected chi connectivity index (χ0v) is 11.4. The third-order valence-electron chi connectivity index (χ3n) is 3.32. The maximum atomic E-state index is 3.58. The van der Waals surface area contributed by atoms with Crippen molar-refractivity contribution >= 4 is 0 Å². The van der Waals surface area contributed by atoms with Gasteiger partial charge < -0.3 is 10.6 Å². The van der Waals surface area contributed by atoms with Crippen molar-refractivity contribution < 1.29 is 0 Å². The van der Waals surface area contributed by atoms with E-state index in [0.29, 0.717) is 5.41 Å². The molecule has 96 valence electrons. The minimum atomic E-state index is 0.467. The van der Waals surface area contributed by atoms with Crippen molar-refractivity contribution in [2.45, 2.75) is 65.3 Å². The first-order valence-electron chi connectivity index (χ1n) is 7.08. The minimum Gasteiger partial charge on any atom is -0.316 e. The van der Waals surface area contributed by atoms with Crippen LogP contribution in [0, 0.1) is 5.41 Å². The van der Waals surface area contributed by atoms with Gasteiger partial charge in [0.1, 0.15) is 0 Å². The first-order chi connectivity index (χ1) is 7.64. The van der Waals surface area contributed by atoms with E-state index in [9.17, 15) is 0 Å². The van der Waals surface area contributed by atoms with Gasteiger partial charge in [-0.15, -0.1) is 0 Å². The van der Waals surface area contributed by atoms with Crippen molar-refractivity contribution in [1.82, 2.24) is 10.6 Å². The smallest absolute Gasteiger partial charge is 0.00682 e. The summed E-state index contributed by atoms with van der Waals surface area (Å²) in [6.07, 6.45) is 8.10. The van der Waals surface area contributed by atoms with Crippen molar-refractivity contribution in [1.29, 1.82) is 0 Å². The van der Waals surface area contributed by atoms with Crippen molar-refractivity contribution in [2.75, 3.05) is 19.6 Å². The van der Waals surface area contributed by atoms with E-state index in [4.69, 9.17) is 0 Å². The molecule has 1 aliphatic rings. The van der Waals surface area contributed by atoms with Crippen LogP contribution in [-0.2, 0) is 0 Å². The molecule has 2 N–H and O–H groups in total. The SMILES string of the molecule is CCCNCC(C)(C)CCCCNC1CC1. The third-order valence-corrected chi connectivity index (χ3v) is 3.32. The molecule has 0 radical (unpaired) electrons. The van der Waals surface area contributed by atoms with Crippen molar-refractivity contribution in [2.24, 2.45) is 5.41 Å². The highest BCUT2D eigenvalue weighted by atomic mass is 14.9. The monoisotopic (exact) mass is 226 g/mol. The van der Waals surface area contributed by atoms with Crippen LogP contribution in [0.4, 0.5) is 0 Å². The van der Waals surface area contributed by atoms with Gasteiger partial charge in [0.05, 0.1) is 0 Å². The Kier molecular flexibility index (Phi) is 6.37. The quantitative estimate of drug-likeness (QED) is 0.560. The molecule has 1 fully saturated rings. The van der Waals surface area contributed by atoms with E-state index in [1.165, 1.54) is 45.1 Å². The van der Waals surface area contributed by atoms with E-state index in [1.807, 2.05) is 0 Å². The summed E-state index contributed by atoms with van der Waals surface area (Å²) in [5.41, 5.74) is 0.467. The summed E-state index contributed by atoms with van der Waals surface area (Å²) in [5.74, 6) is 0. The fourth-order valence-corrected chi connectivity index (χ4v) is 2.01. The molecule has 0 spiro atoms. The Hall–Kier alpha value is -0.0800. The van der Waals surface area contributed by atoms with Crippen LogP contribution in [-0.4, -0.2) is 25.7 Å². The summed E-state index contributed by atoms with van der Waals surface area (Å²) in [6.45, 7) is 10.5. The van der Waals surface area contributed by atoms with Gasteiger partial charge in [-0.25, -0.2) is 0 Å². The lowest BCUT2D eigenvalue weighted by atomic mass is 9.87. The van der Waals surface area contributed by atoms with Gasteiger partial charge in [0.2, 0.25) is 0 Å². The molecule has 1 saturated carbocycles. The largest absolute Gasteiger partial charge is 0.316 e. The van der Waals surface area contributed by atoms with Gasteiger partial charge in [-0.3, -0.25) is 0 Å². The Balaban J connectivity index is 1.91. The molecule has 1 aliphatic carbocycles. The number of unbranched alkanes of at least 4 members (excludes halogenated alkanes) is 1. The van der Waals surface area contributed by atoms with Crippen LogP contribution in [0.25, 0.3) is 0 Å². The van der Waals surface area contributed by atoms with Crippen LogP contribution in [0.5, 0.6) is 0 Å². The molecule has 2 heteroatoms. The van der Waals surface area contributed by atoms with E-state index < -0.39 is 0 Å². The van der Waals surface area contributed by atoms with Gasteiger partial charge in [-0.1, -0.05) is 27.2 Å². The van der Waals surface area contributed by atoms with Crippen LogP contribution in [0.2, 0.25) is 0 Å². The highest BCUT2D eigenvalue weighted by Crippen LogP contribution is 2.22. The molecule has 0 aromatic heterocycles. The van der Waals surface area contributed by atoms with Gasteiger partial charge in [0, 0.05) is 12.6 Å². The minimum absolute atomic E-state index is 0.467. The highest BCUT2D eigenvalue weighted by Gasteiger charge is 2.20. The average molecular weight is 226 g/mol. The fourth-order valence-electron chi connectivity index (χ4n) is 2.01. The molecule has 0 heterocycles. The summed E-state index contributed by atoms with van der Waals surface area (Å²) in [5, 5.41) is 7.11. The van der Waals surface area contributed by atoms with Gasteiger partial charge in [0.25, 0.3) is 0 Å². The lowest BCUT2D eigenvalue weighted by Gasteiger charge is -2.25. The van der Waals surface area contributed by atoms with Crippen LogP contribution in [0.1, 0.15) is 59.3 Å². The molecular weight excluding hydrogens is 196 g/mol. The fraction of sp³-hybridized carbons (Fsp3) is 1.00. The van der Waals surface area contributed by atoms with Gasteiger partial charge >= 0.3 is 0 Å². The predicted octanol–water partition coefficient (Wildman–Crippen LogP) is 2.93. The van der Waals surface area contributed by atoms with Gasteiger partial charge in [-0.2, -0.15) is 0 Å². The Morgan fingerprint density at radius 2 is 1.88 bits per heavy atom. The maximum Gasteiger partial charge on any atom is 0.00682 e. The van der Waals surface area contributed by atoms with Crippen LogP contribution >= 0.6 is 0 Å². The summed E-state index contributed by atoms with van der Waals surface area (Å²) in [7, 11) is 0. The number of hydrogen-bond acceptors (Lipinski definition) is 2. The first kappa shape index (κ1) is 14.0. The molecule has 0 saturated heterocycles. The standard InChI is InChI=1S/C14H30N2/c1-4-10-15-12-14(2,3)9-5-6-11-16-13-7-8-13/h13,15-16H,4-12H2,1-3H3. The topological polar surface area (TPSA) is 24.1 Å². The highest BCUT2D eigenvalue weighted by molar-refractivity contribution is 4.80. The van der Waals surface area contributed by atoms with Crippen LogP contribution < -0.4 is 10.6 Å². The predicted molar refractivity (Wildman–Crippen MR) is 71.8 cm³/mol. The number of nitrogens with one attached hydrogen (secondary N) is 2. The zero-order valence-electron chi connectivity index (χ0n) is 11.4. The molecule has 2 nitrogen and oxygen atoms in total. The summed E-state index contributed by atoms with van der Waals surface area (Å²) >= 11 is 0. The first-order valence-corrected chi connectivity index (χ1v) is 7.08. The van der Waals surface area contributed by atoms with Crippen molar-refractivity contribution in [3.63, 3.8) is 0 Å². The molecule has 0 unspecified atom stereocenters. The molecular formula is C14H30N2. The van der Waals surface area contributed by atoms with Crippen LogP contribution in [0.3, 0.4) is 0 Å². The second kappa shape index (κ2) is 7.29. The zero-order chi connectivity index (χ0) is 11.9. The second-order valence-electron chi connectivity index (χ2n) is 6.03. The average Bonchev–Trinajstić information content (AvgIpc) is 3.01. The molecule has 0 atom stereocenters. The van der Waals surface area contributed by atoms with Crippen molar-refractivity contribution in [3.05, 3.63) is 0 Å². The Bertz CT molecular complexity index is 174. The molecule has 1 rings (SSSR count). The normalized spacial score (nSPS) is 16.7.